The van der Waals surface area contributed by atoms with E-state index in [0.717, 1.165) is 37.9 Å². The topological polar surface area (TPSA) is 70.1 Å². The number of aliphatic hydroxyl groups is 1. The van der Waals surface area contributed by atoms with Gasteiger partial charge in [-0.1, -0.05) is 6.07 Å². The van der Waals surface area contributed by atoms with Crippen LogP contribution >= 0.6 is 0 Å². The monoisotopic (exact) mass is 354 g/mol. The van der Waals surface area contributed by atoms with Gasteiger partial charge in [0.1, 0.15) is 0 Å². The Balaban J connectivity index is 1.81. The van der Waals surface area contributed by atoms with Crippen LogP contribution in [0.4, 0.5) is 5.69 Å². The first-order valence-corrected chi connectivity index (χ1v) is 10.0. The summed E-state index contributed by atoms with van der Waals surface area (Å²) in [7, 11) is -1.50. The van der Waals surface area contributed by atoms with E-state index in [-0.39, 0.29) is 19.3 Å². The van der Waals surface area contributed by atoms with Gasteiger partial charge in [0.2, 0.25) is 10.0 Å². The van der Waals surface area contributed by atoms with E-state index in [1.54, 1.807) is 6.07 Å². The van der Waals surface area contributed by atoms with Crippen LogP contribution in [0.15, 0.2) is 23.1 Å². The van der Waals surface area contributed by atoms with Gasteiger partial charge in [-0.25, -0.2) is 8.42 Å². The Kier molecular flexibility index (Phi) is 5.44. The molecule has 2 aliphatic rings. The van der Waals surface area contributed by atoms with Gasteiger partial charge in [-0.3, -0.25) is 0 Å². The van der Waals surface area contributed by atoms with E-state index < -0.39 is 10.0 Å². The van der Waals surface area contributed by atoms with Crippen molar-refractivity contribution in [3.63, 3.8) is 0 Å². The van der Waals surface area contributed by atoms with Gasteiger partial charge in [-0.15, -0.1) is 0 Å². The summed E-state index contributed by atoms with van der Waals surface area (Å²) in [4.78, 5) is 2.49. The molecule has 7 heteroatoms. The van der Waals surface area contributed by atoms with E-state index in [0.29, 0.717) is 18.0 Å². The zero-order valence-electron chi connectivity index (χ0n) is 14.1. The van der Waals surface area contributed by atoms with Gasteiger partial charge in [0.25, 0.3) is 0 Å². The molecule has 0 aliphatic carbocycles. The predicted octanol–water partition coefficient (Wildman–Crippen LogP) is 1.23. The number of nitrogens with zero attached hydrogens (tertiary/aromatic N) is 2. The molecular weight excluding hydrogens is 328 g/mol. The summed E-state index contributed by atoms with van der Waals surface area (Å²) in [6.07, 6.45) is 3.58. The van der Waals surface area contributed by atoms with Crippen LogP contribution in [0.25, 0.3) is 0 Å². The van der Waals surface area contributed by atoms with Crippen molar-refractivity contribution in [1.82, 2.24) is 4.31 Å². The van der Waals surface area contributed by atoms with Crippen molar-refractivity contribution in [2.45, 2.75) is 36.7 Å². The smallest absolute Gasteiger partial charge is 0.243 e. The normalized spacial score (nSPS) is 22.4. The van der Waals surface area contributed by atoms with Gasteiger partial charge in [0, 0.05) is 32.4 Å². The quantitative estimate of drug-likeness (QED) is 0.861. The van der Waals surface area contributed by atoms with Crippen LogP contribution in [0.3, 0.4) is 0 Å². The van der Waals surface area contributed by atoms with E-state index in [9.17, 15) is 8.42 Å². The van der Waals surface area contributed by atoms with Gasteiger partial charge in [0.05, 0.1) is 24.2 Å². The molecule has 1 aromatic carbocycles. The molecule has 6 nitrogen and oxygen atoms in total. The maximum Gasteiger partial charge on any atom is 0.243 e. The SMILES string of the molecule is CN1CCCc2ccc(S(=O)(=O)N3CCCC(OCCO)C3)cc21. The van der Waals surface area contributed by atoms with E-state index in [2.05, 4.69) is 4.90 Å². The number of fused-ring (bicyclic) bond motifs is 1. The van der Waals surface area contributed by atoms with Crippen LogP contribution in [-0.2, 0) is 21.2 Å². The van der Waals surface area contributed by atoms with Crippen molar-refractivity contribution >= 4 is 15.7 Å². The molecule has 0 radical (unpaired) electrons. The molecule has 0 aromatic heterocycles. The van der Waals surface area contributed by atoms with Crippen molar-refractivity contribution < 1.29 is 18.3 Å². The Morgan fingerprint density at radius 2 is 2.12 bits per heavy atom. The van der Waals surface area contributed by atoms with Gasteiger partial charge in [0.15, 0.2) is 0 Å². The summed E-state index contributed by atoms with van der Waals surface area (Å²) in [5.41, 5.74) is 2.23. The molecule has 0 bridgehead atoms. The Morgan fingerprint density at radius 3 is 2.92 bits per heavy atom. The zero-order chi connectivity index (χ0) is 17.2. The Morgan fingerprint density at radius 1 is 1.29 bits per heavy atom. The number of benzene rings is 1. The molecule has 134 valence electrons. The molecule has 1 N–H and O–H groups in total. The number of anilines is 1. The standard InChI is InChI=1S/C17H26N2O4S/c1-18-8-2-4-14-6-7-16(12-17(14)18)24(21,22)19-9-3-5-15(13-19)23-11-10-20/h6-7,12,15,20H,2-5,8-11,13H2,1H3. The molecule has 0 spiro atoms. The van der Waals surface area contributed by atoms with Gasteiger partial charge in [-0.05, 0) is 43.4 Å². The number of hydrogen-bond donors (Lipinski definition) is 1. The number of hydrogen-bond acceptors (Lipinski definition) is 5. The van der Waals surface area contributed by atoms with Crippen molar-refractivity contribution in [3.05, 3.63) is 23.8 Å². The molecule has 1 saturated heterocycles. The zero-order valence-corrected chi connectivity index (χ0v) is 15.0. The second-order valence-electron chi connectivity index (χ2n) is 6.54. The second kappa shape index (κ2) is 7.39. The Labute approximate surface area is 144 Å². The molecule has 1 aromatic rings. The lowest BCUT2D eigenvalue weighted by molar-refractivity contribution is 0.00146. The van der Waals surface area contributed by atoms with Crippen LogP contribution in [0, 0.1) is 0 Å². The highest BCUT2D eigenvalue weighted by Crippen LogP contribution is 2.30. The molecule has 3 rings (SSSR count). The molecule has 1 atom stereocenters. The highest BCUT2D eigenvalue weighted by molar-refractivity contribution is 7.89. The Hall–Kier alpha value is -1.15. The van der Waals surface area contributed by atoms with Gasteiger partial charge >= 0.3 is 0 Å². The first-order valence-electron chi connectivity index (χ1n) is 8.59. The number of ether oxygens (including phenoxy) is 1. The molecule has 24 heavy (non-hydrogen) atoms. The fourth-order valence-electron chi connectivity index (χ4n) is 3.53. The third-order valence-electron chi connectivity index (χ3n) is 4.83. The average molecular weight is 354 g/mol. The highest BCUT2D eigenvalue weighted by atomic mass is 32.2. The van der Waals surface area contributed by atoms with Gasteiger partial charge in [-0.2, -0.15) is 4.31 Å². The second-order valence-corrected chi connectivity index (χ2v) is 8.48. The van der Waals surface area contributed by atoms with E-state index >= 15 is 0 Å². The fourth-order valence-corrected chi connectivity index (χ4v) is 5.06. The molecule has 1 unspecified atom stereocenters. The highest BCUT2D eigenvalue weighted by Gasteiger charge is 2.31. The van der Waals surface area contributed by atoms with Crippen LogP contribution in [0.2, 0.25) is 0 Å². The maximum atomic E-state index is 13.0. The average Bonchev–Trinajstić information content (AvgIpc) is 2.60. The summed E-state index contributed by atoms with van der Waals surface area (Å²) < 4.78 is 33.1. The molecule has 2 aliphatic heterocycles. The van der Waals surface area contributed by atoms with Crippen LogP contribution in [0.5, 0.6) is 0 Å². The maximum absolute atomic E-state index is 13.0. The number of sulfonamides is 1. The summed E-state index contributed by atoms with van der Waals surface area (Å²) in [5.74, 6) is 0. The number of aliphatic hydroxyl groups excluding tert-OH is 1. The van der Waals surface area contributed by atoms with Crippen LogP contribution < -0.4 is 4.90 Å². The third-order valence-corrected chi connectivity index (χ3v) is 6.69. The lowest BCUT2D eigenvalue weighted by Gasteiger charge is -2.32. The summed E-state index contributed by atoms with van der Waals surface area (Å²) >= 11 is 0. The lowest BCUT2D eigenvalue weighted by Crippen LogP contribution is -2.43. The first kappa shape index (κ1) is 17.7. The van der Waals surface area contributed by atoms with E-state index in [1.165, 1.54) is 9.87 Å². The Bertz CT molecular complexity index is 677. The molecule has 0 amide bonds. The van der Waals surface area contributed by atoms with Gasteiger partial charge < -0.3 is 14.7 Å². The number of piperidine rings is 1. The van der Waals surface area contributed by atoms with Crippen LogP contribution in [-0.4, -0.2) is 63.8 Å². The van der Waals surface area contributed by atoms with Crippen LogP contribution in [0.1, 0.15) is 24.8 Å². The minimum absolute atomic E-state index is 0.0413. The fraction of sp³-hybridized carbons (Fsp3) is 0.647. The minimum atomic E-state index is -3.51. The van der Waals surface area contributed by atoms with Crippen molar-refractivity contribution in [1.29, 1.82) is 0 Å². The predicted molar refractivity (Wildman–Crippen MR) is 92.9 cm³/mol. The molecule has 1 fully saturated rings. The number of rotatable bonds is 5. The summed E-state index contributed by atoms with van der Waals surface area (Å²) in [6.45, 7) is 2.05. The van der Waals surface area contributed by atoms with E-state index in [4.69, 9.17) is 9.84 Å². The summed E-state index contributed by atoms with van der Waals surface area (Å²) in [5, 5.41) is 8.88. The van der Waals surface area contributed by atoms with Crippen molar-refractivity contribution in [3.8, 4) is 0 Å². The third kappa shape index (κ3) is 3.59. The summed E-state index contributed by atoms with van der Waals surface area (Å²) in [6, 6.07) is 5.48. The van der Waals surface area contributed by atoms with Crippen molar-refractivity contribution in [2.75, 3.05) is 44.8 Å². The number of aryl methyl sites for hydroxylation is 1. The lowest BCUT2D eigenvalue weighted by atomic mass is 10.0. The molecule has 0 saturated carbocycles. The minimum Gasteiger partial charge on any atom is -0.394 e. The first-order chi connectivity index (χ1) is 11.5. The van der Waals surface area contributed by atoms with E-state index in [1.807, 2.05) is 19.2 Å². The van der Waals surface area contributed by atoms with Crippen molar-refractivity contribution in [2.24, 2.45) is 0 Å². The largest absolute Gasteiger partial charge is 0.394 e. The molecular formula is C17H26N2O4S. The molecule has 2 heterocycles.